The minimum atomic E-state index is -0.530. The predicted molar refractivity (Wildman–Crippen MR) is 125 cm³/mol. The SMILES string of the molecule is Cn1c(=O)c2c(ncn2CC(=O)NCCOc2ccc3nnc(-c4ccc(F)cc4)n3n2)n(C)c1=O. The van der Waals surface area contributed by atoms with E-state index in [1.165, 1.54) is 46.2 Å². The fourth-order valence-electron chi connectivity index (χ4n) is 3.70. The van der Waals surface area contributed by atoms with Crippen LogP contribution in [0.5, 0.6) is 5.88 Å². The second-order valence-electron chi connectivity index (χ2n) is 7.92. The van der Waals surface area contributed by atoms with Crippen molar-refractivity contribution in [2.24, 2.45) is 14.1 Å². The maximum Gasteiger partial charge on any atom is 0.332 e. The molecule has 14 heteroatoms. The van der Waals surface area contributed by atoms with E-state index in [0.717, 1.165) is 4.57 Å². The lowest BCUT2D eigenvalue weighted by Gasteiger charge is -2.09. The van der Waals surface area contributed by atoms with E-state index in [9.17, 15) is 18.8 Å². The molecule has 0 aliphatic heterocycles. The van der Waals surface area contributed by atoms with Gasteiger partial charge in [-0.15, -0.1) is 15.3 Å². The summed E-state index contributed by atoms with van der Waals surface area (Å²) < 4.78 is 24.0. The van der Waals surface area contributed by atoms with E-state index >= 15 is 0 Å². The molecule has 1 aromatic carbocycles. The van der Waals surface area contributed by atoms with Gasteiger partial charge in [0.15, 0.2) is 22.6 Å². The van der Waals surface area contributed by atoms with Crippen LogP contribution in [0.15, 0.2) is 52.3 Å². The fourth-order valence-corrected chi connectivity index (χ4v) is 3.70. The van der Waals surface area contributed by atoms with Crippen molar-refractivity contribution in [1.82, 2.24) is 43.8 Å². The van der Waals surface area contributed by atoms with Gasteiger partial charge in [-0.25, -0.2) is 14.2 Å². The molecule has 5 aromatic rings. The van der Waals surface area contributed by atoms with E-state index in [4.69, 9.17) is 4.74 Å². The number of amides is 1. The Morgan fingerprint density at radius 2 is 1.83 bits per heavy atom. The number of halogens is 1. The van der Waals surface area contributed by atoms with Crippen LogP contribution in [-0.4, -0.2) is 57.6 Å². The predicted octanol–water partition coefficient (Wildman–Crippen LogP) is -0.127. The summed E-state index contributed by atoms with van der Waals surface area (Å²) in [6.07, 6.45) is 1.35. The molecular weight excluding hydrogens is 473 g/mol. The Morgan fingerprint density at radius 3 is 2.61 bits per heavy atom. The smallest absolute Gasteiger partial charge is 0.332 e. The number of aromatic nitrogens is 8. The number of fused-ring (bicyclic) bond motifs is 2. The summed E-state index contributed by atoms with van der Waals surface area (Å²) in [5.74, 6) is -0.0135. The summed E-state index contributed by atoms with van der Waals surface area (Å²) >= 11 is 0. The van der Waals surface area contributed by atoms with Crippen LogP contribution in [0, 0.1) is 5.82 Å². The standard InChI is InChI=1S/C22H20FN9O4/c1-29-20-18(21(34)30(2)22(29)35)31(12-25-20)11-16(33)24-9-10-36-17-8-7-15-26-27-19(32(15)28-17)13-3-5-14(23)6-4-13/h3-8,12H,9-11H2,1-2H3,(H,24,33). The van der Waals surface area contributed by atoms with E-state index < -0.39 is 11.2 Å². The second-order valence-corrected chi connectivity index (χ2v) is 7.92. The number of aryl methyl sites for hydroxylation is 1. The molecule has 4 heterocycles. The van der Waals surface area contributed by atoms with Gasteiger partial charge in [0.05, 0.1) is 12.9 Å². The summed E-state index contributed by atoms with van der Waals surface area (Å²) in [5.41, 5.74) is 0.470. The molecule has 0 fully saturated rings. The van der Waals surface area contributed by atoms with E-state index in [0.29, 0.717) is 17.0 Å². The maximum absolute atomic E-state index is 13.2. The van der Waals surface area contributed by atoms with Crippen LogP contribution in [-0.2, 0) is 25.4 Å². The third-order valence-electron chi connectivity index (χ3n) is 5.55. The molecule has 36 heavy (non-hydrogen) atoms. The second kappa shape index (κ2) is 9.05. The number of nitrogens with zero attached hydrogens (tertiary/aromatic N) is 8. The van der Waals surface area contributed by atoms with Crippen LogP contribution in [0.3, 0.4) is 0 Å². The third kappa shape index (κ3) is 4.08. The molecule has 0 spiro atoms. The van der Waals surface area contributed by atoms with Crippen molar-refractivity contribution in [3.05, 3.63) is 69.4 Å². The zero-order valence-electron chi connectivity index (χ0n) is 19.3. The van der Waals surface area contributed by atoms with Gasteiger partial charge in [0.2, 0.25) is 11.8 Å². The topological polar surface area (TPSA) is 143 Å². The molecule has 0 aliphatic rings. The summed E-state index contributed by atoms with van der Waals surface area (Å²) in [6, 6.07) is 9.11. The highest BCUT2D eigenvalue weighted by atomic mass is 19.1. The van der Waals surface area contributed by atoms with Crippen LogP contribution < -0.4 is 21.3 Å². The monoisotopic (exact) mass is 493 g/mol. The number of ether oxygens (including phenoxy) is 1. The molecule has 1 amide bonds. The molecule has 0 unspecified atom stereocenters. The molecule has 0 saturated heterocycles. The molecule has 13 nitrogen and oxygen atoms in total. The van der Waals surface area contributed by atoms with Gasteiger partial charge in [0.25, 0.3) is 5.56 Å². The zero-order chi connectivity index (χ0) is 25.4. The molecule has 184 valence electrons. The minimum Gasteiger partial charge on any atom is -0.475 e. The van der Waals surface area contributed by atoms with E-state index in [2.05, 4.69) is 25.6 Å². The fraction of sp³-hybridized carbons (Fsp3) is 0.227. The summed E-state index contributed by atoms with van der Waals surface area (Å²) in [6.45, 7) is 0.143. The zero-order valence-corrected chi connectivity index (χ0v) is 19.3. The Labute approximate surface area is 201 Å². The lowest BCUT2D eigenvalue weighted by Crippen LogP contribution is -2.38. The molecule has 1 N–H and O–H groups in total. The Morgan fingerprint density at radius 1 is 1.06 bits per heavy atom. The normalized spacial score (nSPS) is 11.3. The van der Waals surface area contributed by atoms with Crippen molar-refractivity contribution < 1.29 is 13.9 Å². The molecule has 4 aromatic heterocycles. The molecule has 0 aliphatic carbocycles. The first-order valence-corrected chi connectivity index (χ1v) is 10.8. The van der Waals surface area contributed by atoms with Gasteiger partial charge in [-0.1, -0.05) is 0 Å². The first kappa shape index (κ1) is 22.9. The highest BCUT2D eigenvalue weighted by molar-refractivity contribution is 5.78. The number of carbonyl (C=O) groups excluding carboxylic acids is 1. The number of rotatable bonds is 7. The van der Waals surface area contributed by atoms with Crippen molar-refractivity contribution in [3.63, 3.8) is 0 Å². The van der Waals surface area contributed by atoms with Crippen molar-refractivity contribution in [2.75, 3.05) is 13.2 Å². The van der Waals surface area contributed by atoms with Gasteiger partial charge in [0.1, 0.15) is 19.0 Å². The summed E-state index contributed by atoms with van der Waals surface area (Å²) in [5, 5.41) is 15.2. The van der Waals surface area contributed by atoms with E-state index in [-0.39, 0.29) is 48.5 Å². The summed E-state index contributed by atoms with van der Waals surface area (Å²) in [4.78, 5) is 41.0. The van der Waals surface area contributed by atoms with Gasteiger partial charge in [0, 0.05) is 25.7 Å². The average Bonchev–Trinajstić information content (AvgIpc) is 3.49. The molecule has 0 bridgehead atoms. The van der Waals surface area contributed by atoms with Gasteiger partial charge in [-0.2, -0.15) is 4.52 Å². The molecule has 5 rings (SSSR count). The third-order valence-corrected chi connectivity index (χ3v) is 5.55. The van der Waals surface area contributed by atoms with E-state index in [1.807, 2.05) is 0 Å². The van der Waals surface area contributed by atoms with Crippen LogP contribution in [0.1, 0.15) is 0 Å². The minimum absolute atomic E-state index is 0.124. The first-order valence-electron chi connectivity index (χ1n) is 10.8. The van der Waals surface area contributed by atoms with Crippen LogP contribution >= 0.6 is 0 Å². The molecular formula is C22H20FN9O4. The van der Waals surface area contributed by atoms with E-state index in [1.54, 1.807) is 24.3 Å². The first-order chi connectivity index (χ1) is 17.3. The highest BCUT2D eigenvalue weighted by Gasteiger charge is 2.16. The number of imidazole rings is 1. The summed E-state index contributed by atoms with van der Waals surface area (Å²) in [7, 11) is 2.87. The molecule has 0 saturated carbocycles. The number of hydrogen-bond donors (Lipinski definition) is 1. The van der Waals surface area contributed by atoms with Crippen molar-refractivity contribution in [2.45, 2.75) is 6.54 Å². The number of benzene rings is 1. The van der Waals surface area contributed by atoms with Crippen molar-refractivity contribution in [1.29, 1.82) is 0 Å². The van der Waals surface area contributed by atoms with Gasteiger partial charge < -0.3 is 14.6 Å². The Bertz CT molecular complexity index is 1720. The van der Waals surface area contributed by atoms with Crippen molar-refractivity contribution >= 4 is 22.7 Å². The maximum atomic E-state index is 13.2. The van der Waals surface area contributed by atoms with Gasteiger partial charge >= 0.3 is 5.69 Å². The van der Waals surface area contributed by atoms with Gasteiger partial charge in [-0.3, -0.25) is 18.7 Å². The Hall–Kier alpha value is -4.88. The van der Waals surface area contributed by atoms with Crippen LogP contribution in [0.2, 0.25) is 0 Å². The quantitative estimate of drug-likeness (QED) is 0.309. The van der Waals surface area contributed by atoms with Crippen molar-refractivity contribution in [3.8, 4) is 17.3 Å². The Kier molecular flexibility index (Phi) is 5.76. The lowest BCUT2D eigenvalue weighted by molar-refractivity contribution is -0.121. The largest absolute Gasteiger partial charge is 0.475 e. The number of hydrogen-bond acceptors (Lipinski definition) is 8. The average molecular weight is 493 g/mol. The highest BCUT2D eigenvalue weighted by Crippen LogP contribution is 2.19. The number of carbonyl (C=O) groups is 1. The van der Waals surface area contributed by atoms with Crippen LogP contribution in [0.4, 0.5) is 4.39 Å². The Balaban J connectivity index is 1.22. The molecule has 0 atom stereocenters. The molecule has 0 radical (unpaired) electrons. The lowest BCUT2D eigenvalue weighted by atomic mass is 10.2. The van der Waals surface area contributed by atoms with Gasteiger partial charge in [-0.05, 0) is 30.3 Å². The van der Waals surface area contributed by atoms with Crippen LogP contribution in [0.25, 0.3) is 28.2 Å². The number of nitrogens with one attached hydrogen (secondary N) is 1.